The van der Waals surface area contributed by atoms with Crippen LogP contribution in [0.15, 0.2) is 12.4 Å². The van der Waals surface area contributed by atoms with Crippen molar-refractivity contribution in [3.63, 3.8) is 0 Å². The summed E-state index contributed by atoms with van der Waals surface area (Å²) in [5.74, 6) is 0.110. The summed E-state index contributed by atoms with van der Waals surface area (Å²) in [5, 5.41) is 24.8. The van der Waals surface area contributed by atoms with Crippen LogP contribution in [0.2, 0.25) is 0 Å². The van der Waals surface area contributed by atoms with Crippen molar-refractivity contribution in [3.8, 4) is 0 Å². The maximum absolute atomic E-state index is 11.8. The van der Waals surface area contributed by atoms with E-state index in [1.165, 1.54) is 12.4 Å². The average molecular weight is 291 g/mol. The van der Waals surface area contributed by atoms with Crippen molar-refractivity contribution < 1.29 is 14.8 Å². The van der Waals surface area contributed by atoms with Crippen LogP contribution in [0.1, 0.15) is 38.5 Å². The summed E-state index contributed by atoms with van der Waals surface area (Å²) < 4.78 is 1.69. The zero-order valence-electron chi connectivity index (χ0n) is 11.6. The van der Waals surface area contributed by atoms with Crippen LogP contribution in [0, 0.1) is 27.4 Å². The molecule has 7 heteroatoms. The number of rotatable bonds is 3. The van der Waals surface area contributed by atoms with Crippen LogP contribution >= 0.6 is 0 Å². The third kappa shape index (κ3) is 1.66. The highest BCUT2D eigenvalue weighted by molar-refractivity contribution is 5.75. The first kappa shape index (κ1) is 12.8. The van der Waals surface area contributed by atoms with Crippen molar-refractivity contribution in [2.45, 2.75) is 44.1 Å². The number of hydrogen-bond donors (Lipinski definition) is 1. The normalized spacial score (nSPS) is 40.4. The number of carboxylic acid groups (broad SMARTS) is 1. The van der Waals surface area contributed by atoms with E-state index in [9.17, 15) is 20.0 Å². The van der Waals surface area contributed by atoms with E-state index in [0.29, 0.717) is 18.3 Å². The smallest absolute Gasteiger partial charge is 0.309 e. The van der Waals surface area contributed by atoms with Gasteiger partial charge in [0.05, 0.1) is 15.9 Å². The van der Waals surface area contributed by atoms with E-state index >= 15 is 0 Å². The molecule has 1 heterocycles. The zero-order valence-corrected chi connectivity index (χ0v) is 11.6. The molecule has 0 radical (unpaired) electrons. The fraction of sp³-hybridized carbons (Fsp3) is 0.714. The summed E-state index contributed by atoms with van der Waals surface area (Å²) in [7, 11) is 0. The Balaban J connectivity index is 1.76. The predicted molar refractivity (Wildman–Crippen MR) is 71.6 cm³/mol. The van der Waals surface area contributed by atoms with Gasteiger partial charge in [-0.25, -0.2) is 0 Å². The highest BCUT2D eigenvalue weighted by atomic mass is 16.6. The molecule has 0 aliphatic heterocycles. The van der Waals surface area contributed by atoms with E-state index < -0.39 is 16.3 Å². The Hall–Kier alpha value is -1.92. The summed E-state index contributed by atoms with van der Waals surface area (Å²) >= 11 is 0. The van der Waals surface area contributed by atoms with Crippen LogP contribution in [0.3, 0.4) is 0 Å². The van der Waals surface area contributed by atoms with Crippen LogP contribution < -0.4 is 0 Å². The second-order valence-corrected chi connectivity index (χ2v) is 7.17. The quantitative estimate of drug-likeness (QED) is 0.679. The van der Waals surface area contributed by atoms with Crippen molar-refractivity contribution in [2.24, 2.45) is 17.3 Å². The Bertz CT molecular complexity index is 624. The highest BCUT2D eigenvalue weighted by Gasteiger charge is 2.62. The minimum atomic E-state index is -0.706. The molecule has 4 fully saturated rings. The number of carboxylic acids is 1. The molecular weight excluding hydrogens is 274 g/mol. The fourth-order valence-corrected chi connectivity index (χ4v) is 5.40. The Morgan fingerprint density at radius 3 is 2.57 bits per heavy atom. The Labute approximate surface area is 121 Å². The standard InChI is InChI=1S/C14H17N3O4/c18-12(19)13-2-9-1-10(3-13)5-14(4-9,8-13)16-7-11(6-15-16)17(20)21/h6-7,9-10H,1-5,8H2,(H,18,19). The van der Waals surface area contributed by atoms with Crippen molar-refractivity contribution in [1.82, 2.24) is 9.78 Å². The molecule has 2 unspecified atom stereocenters. The van der Waals surface area contributed by atoms with Gasteiger partial charge in [0.1, 0.15) is 12.4 Å². The van der Waals surface area contributed by atoms with Crippen LogP contribution in [-0.2, 0) is 10.3 Å². The molecule has 112 valence electrons. The van der Waals surface area contributed by atoms with Gasteiger partial charge in [-0.3, -0.25) is 19.6 Å². The SMILES string of the molecule is O=C(O)C12CC3CC(C1)CC(n1cc([N+](=O)[O-])cn1)(C3)C2. The maximum atomic E-state index is 11.8. The second-order valence-electron chi connectivity index (χ2n) is 7.17. The van der Waals surface area contributed by atoms with E-state index in [-0.39, 0.29) is 11.2 Å². The van der Waals surface area contributed by atoms with Crippen molar-refractivity contribution in [2.75, 3.05) is 0 Å². The van der Waals surface area contributed by atoms with Crippen molar-refractivity contribution >= 4 is 11.7 Å². The second kappa shape index (κ2) is 3.84. The molecule has 4 saturated carbocycles. The molecule has 7 nitrogen and oxygen atoms in total. The summed E-state index contributed by atoms with van der Waals surface area (Å²) in [6.07, 6.45) is 7.71. The van der Waals surface area contributed by atoms with Gasteiger partial charge in [0.2, 0.25) is 0 Å². The summed E-state index contributed by atoms with van der Waals surface area (Å²) in [5.41, 5.74) is -1.00. The molecule has 0 aromatic carbocycles. The van der Waals surface area contributed by atoms with Gasteiger partial charge in [0.25, 0.3) is 0 Å². The van der Waals surface area contributed by atoms with E-state index in [0.717, 1.165) is 32.1 Å². The first-order chi connectivity index (χ1) is 9.92. The minimum absolute atomic E-state index is 0.0184. The number of aliphatic carboxylic acids is 1. The first-order valence-corrected chi connectivity index (χ1v) is 7.35. The third-order valence-corrected chi connectivity index (χ3v) is 5.75. The average Bonchev–Trinajstić information content (AvgIpc) is 2.87. The molecule has 0 amide bonds. The lowest BCUT2D eigenvalue weighted by molar-refractivity contribution is -0.385. The monoisotopic (exact) mass is 291 g/mol. The molecule has 4 aliphatic rings. The topological polar surface area (TPSA) is 98.3 Å². The van der Waals surface area contributed by atoms with Gasteiger partial charge in [-0.15, -0.1) is 0 Å². The lowest BCUT2D eigenvalue weighted by Gasteiger charge is -2.60. The van der Waals surface area contributed by atoms with Crippen LogP contribution in [0.5, 0.6) is 0 Å². The van der Waals surface area contributed by atoms with Crippen molar-refractivity contribution in [1.29, 1.82) is 0 Å². The van der Waals surface area contributed by atoms with Gasteiger partial charge in [-0.1, -0.05) is 0 Å². The van der Waals surface area contributed by atoms with Gasteiger partial charge in [-0.05, 0) is 50.4 Å². The minimum Gasteiger partial charge on any atom is -0.481 e. The van der Waals surface area contributed by atoms with Crippen LogP contribution in [0.4, 0.5) is 5.69 Å². The largest absolute Gasteiger partial charge is 0.481 e. The van der Waals surface area contributed by atoms with Gasteiger partial charge < -0.3 is 5.11 Å². The Morgan fingerprint density at radius 1 is 1.38 bits per heavy atom. The highest BCUT2D eigenvalue weighted by Crippen LogP contribution is 2.64. The molecule has 1 aromatic rings. The van der Waals surface area contributed by atoms with Gasteiger partial charge in [-0.2, -0.15) is 5.10 Å². The number of carbonyl (C=O) groups is 1. The number of nitro groups is 1. The van der Waals surface area contributed by atoms with E-state index in [1.54, 1.807) is 4.68 Å². The molecule has 4 aliphatic carbocycles. The van der Waals surface area contributed by atoms with Crippen LogP contribution in [-0.4, -0.2) is 25.8 Å². The first-order valence-electron chi connectivity index (χ1n) is 7.35. The molecule has 0 spiro atoms. The third-order valence-electron chi connectivity index (χ3n) is 5.75. The molecule has 2 atom stereocenters. The number of nitrogens with zero attached hydrogens (tertiary/aromatic N) is 3. The molecule has 0 saturated heterocycles. The predicted octanol–water partition coefficient (Wildman–Crippen LogP) is 2.17. The molecule has 5 rings (SSSR count). The Morgan fingerprint density at radius 2 is 2.05 bits per heavy atom. The zero-order chi connectivity index (χ0) is 14.8. The summed E-state index contributed by atoms with van der Waals surface area (Å²) in [6.45, 7) is 0. The fourth-order valence-electron chi connectivity index (χ4n) is 5.40. The molecular formula is C14H17N3O4. The van der Waals surface area contributed by atoms with Gasteiger partial charge in [0.15, 0.2) is 0 Å². The van der Waals surface area contributed by atoms with E-state index in [1.807, 2.05) is 0 Å². The lowest BCUT2D eigenvalue weighted by Crippen LogP contribution is -2.59. The summed E-state index contributed by atoms with van der Waals surface area (Å²) in [6, 6.07) is 0. The van der Waals surface area contributed by atoms with Crippen molar-refractivity contribution in [3.05, 3.63) is 22.5 Å². The molecule has 21 heavy (non-hydrogen) atoms. The number of hydrogen-bond acceptors (Lipinski definition) is 4. The summed E-state index contributed by atoms with van der Waals surface area (Å²) in [4.78, 5) is 22.2. The van der Waals surface area contributed by atoms with Gasteiger partial charge >= 0.3 is 11.7 Å². The van der Waals surface area contributed by atoms with E-state index in [2.05, 4.69) is 5.10 Å². The molecule has 1 aromatic heterocycles. The van der Waals surface area contributed by atoms with E-state index in [4.69, 9.17) is 0 Å². The molecule has 1 N–H and O–H groups in total. The maximum Gasteiger partial charge on any atom is 0.309 e. The lowest BCUT2D eigenvalue weighted by atomic mass is 9.47. The molecule has 4 bridgehead atoms. The number of aromatic nitrogens is 2. The van der Waals surface area contributed by atoms with Crippen LogP contribution in [0.25, 0.3) is 0 Å². The van der Waals surface area contributed by atoms with Gasteiger partial charge in [0, 0.05) is 0 Å². The Kier molecular flexibility index (Phi) is 2.34.